The molecule has 130 valence electrons. The smallest absolute Gasteiger partial charge is 0.155 e. The summed E-state index contributed by atoms with van der Waals surface area (Å²) in [5.74, 6) is 1.56. The maximum absolute atomic E-state index is 4.90. The van der Waals surface area contributed by atoms with E-state index in [0.717, 1.165) is 11.6 Å². The number of aromatic nitrogens is 8. The van der Waals surface area contributed by atoms with Gasteiger partial charge < -0.3 is 0 Å². The molecule has 4 aromatic rings. The first-order valence-electron chi connectivity index (χ1n) is 6.75. The molecule has 0 saturated carbocycles. The van der Waals surface area contributed by atoms with Gasteiger partial charge in [0, 0.05) is 12.4 Å². The van der Waals surface area contributed by atoms with Gasteiger partial charge in [-0.1, -0.05) is 22.6 Å². The van der Waals surface area contributed by atoms with E-state index in [-0.39, 0.29) is 0 Å². The Balaban J connectivity index is 0.000000156. The van der Waals surface area contributed by atoms with Crippen LogP contribution in [0.15, 0.2) is 73.6 Å². The molecule has 11 heteroatoms. The van der Waals surface area contributed by atoms with Gasteiger partial charge >= 0.3 is 34.7 Å². The predicted octanol–water partition coefficient (Wildman–Crippen LogP) is 2.70. The van der Waals surface area contributed by atoms with Crippen LogP contribution in [0.1, 0.15) is 0 Å². The third-order valence-corrected chi connectivity index (χ3v) is 2.61. The predicted molar refractivity (Wildman–Crippen MR) is 90.0 cm³/mol. The van der Waals surface area contributed by atoms with Crippen molar-refractivity contribution in [3.63, 3.8) is 0 Å². The van der Waals surface area contributed by atoms with Crippen molar-refractivity contribution in [1.82, 2.24) is 40.0 Å². The standard InChI is InChI=1S/2C7H6N4.2ClH.Os/c2*1-2-4-8-7(3-1)11-6-5-9-10-11;;;/h2*1-6H;2*1H;/q;;;;+2/p-2. The van der Waals surface area contributed by atoms with Crippen LogP contribution >= 0.6 is 19.3 Å². The Bertz CT molecular complexity index is 728. The quantitative estimate of drug-likeness (QED) is 0.380. The minimum Gasteiger partial charge on any atom is -0.237 e. The van der Waals surface area contributed by atoms with E-state index in [0.29, 0.717) is 0 Å². The second kappa shape index (κ2) is 11.4. The number of hydrogen-bond donors (Lipinski definition) is 0. The van der Waals surface area contributed by atoms with Crippen molar-refractivity contribution in [3.8, 4) is 11.6 Å². The largest absolute Gasteiger partial charge is 0.237 e. The van der Waals surface area contributed by atoms with Crippen LogP contribution in [0.5, 0.6) is 0 Å². The van der Waals surface area contributed by atoms with Gasteiger partial charge in [0.1, 0.15) is 0 Å². The number of rotatable bonds is 2. The van der Waals surface area contributed by atoms with Crippen LogP contribution in [-0.2, 0) is 15.4 Å². The summed E-state index contributed by atoms with van der Waals surface area (Å²) in [4.78, 5) is 8.16. The zero-order valence-electron chi connectivity index (χ0n) is 12.6. The Hall–Kier alpha value is -2.20. The van der Waals surface area contributed by atoms with Crippen LogP contribution < -0.4 is 0 Å². The topological polar surface area (TPSA) is 87.2 Å². The first kappa shape index (κ1) is 19.1. The van der Waals surface area contributed by atoms with Crippen molar-refractivity contribution in [2.75, 3.05) is 0 Å². The van der Waals surface area contributed by atoms with E-state index in [4.69, 9.17) is 19.3 Å². The van der Waals surface area contributed by atoms with E-state index < -0.39 is 15.4 Å². The molecule has 0 bridgehead atoms. The molecule has 4 aromatic heterocycles. The second-order valence-electron chi connectivity index (χ2n) is 4.12. The molecular weight excluding hydrogens is 541 g/mol. The van der Waals surface area contributed by atoms with E-state index in [9.17, 15) is 0 Å². The molecule has 0 atom stereocenters. The number of halogens is 2. The van der Waals surface area contributed by atoms with Gasteiger partial charge in [0.25, 0.3) is 0 Å². The Morgan fingerprint density at radius 3 is 1.40 bits per heavy atom. The third-order valence-electron chi connectivity index (χ3n) is 2.61. The molecule has 0 aliphatic heterocycles. The summed E-state index contributed by atoms with van der Waals surface area (Å²) < 4.78 is 3.22. The Kier molecular flexibility index (Phi) is 8.70. The minimum atomic E-state index is -0.639. The van der Waals surface area contributed by atoms with E-state index >= 15 is 0 Å². The molecule has 0 amide bonds. The first-order valence-corrected chi connectivity index (χ1v) is 13.1. The van der Waals surface area contributed by atoms with Gasteiger partial charge in [-0.05, 0) is 24.3 Å². The second-order valence-corrected chi connectivity index (χ2v) is 7.79. The molecule has 0 aliphatic rings. The Labute approximate surface area is 159 Å². The SMILES string of the molecule is [Cl][Os][Cl].c1ccc(-n2ccnn2)nc1.c1ccc(-n2ccnn2)nc1. The van der Waals surface area contributed by atoms with Crippen molar-refractivity contribution in [2.45, 2.75) is 0 Å². The summed E-state index contributed by atoms with van der Waals surface area (Å²) in [5.41, 5.74) is 0. The summed E-state index contributed by atoms with van der Waals surface area (Å²) in [5, 5.41) is 14.9. The fraction of sp³-hybridized carbons (Fsp3) is 0. The van der Waals surface area contributed by atoms with Crippen LogP contribution in [-0.4, -0.2) is 40.0 Å². The fourth-order valence-electron chi connectivity index (χ4n) is 1.64. The summed E-state index contributed by atoms with van der Waals surface area (Å²) in [6.07, 6.45) is 10.2. The van der Waals surface area contributed by atoms with Crippen molar-refractivity contribution in [2.24, 2.45) is 0 Å². The van der Waals surface area contributed by atoms with Crippen molar-refractivity contribution >= 4 is 19.3 Å². The van der Waals surface area contributed by atoms with Gasteiger partial charge in [0.05, 0.1) is 24.8 Å². The third kappa shape index (κ3) is 6.67. The van der Waals surface area contributed by atoms with Crippen LogP contribution in [0.25, 0.3) is 11.6 Å². The number of nitrogens with zero attached hydrogens (tertiary/aromatic N) is 8. The van der Waals surface area contributed by atoms with Crippen molar-refractivity contribution in [3.05, 3.63) is 73.6 Å². The maximum Gasteiger partial charge on any atom is 0.155 e. The van der Waals surface area contributed by atoms with Crippen molar-refractivity contribution in [1.29, 1.82) is 0 Å². The molecule has 4 heterocycles. The van der Waals surface area contributed by atoms with E-state index in [1.165, 1.54) is 0 Å². The zero-order chi connectivity index (χ0) is 17.7. The Morgan fingerprint density at radius 2 is 1.12 bits per heavy atom. The molecular formula is C14H12Cl2N8Os. The van der Waals surface area contributed by atoms with Crippen LogP contribution in [0.4, 0.5) is 0 Å². The molecule has 0 spiro atoms. The normalized spacial score (nSPS) is 9.52. The molecule has 0 aliphatic carbocycles. The van der Waals surface area contributed by atoms with E-state index in [1.54, 1.807) is 46.5 Å². The molecule has 8 nitrogen and oxygen atoms in total. The molecule has 0 unspecified atom stereocenters. The zero-order valence-corrected chi connectivity index (χ0v) is 16.7. The summed E-state index contributed by atoms with van der Waals surface area (Å²) in [6, 6.07) is 11.3. The van der Waals surface area contributed by atoms with Gasteiger partial charge in [0.15, 0.2) is 11.6 Å². The van der Waals surface area contributed by atoms with Gasteiger partial charge in [-0.3, -0.25) is 0 Å². The first-order chi connectivity index (χ1) is 12.3. The van der Waals surface area contributed by atoms with Gasteiger partial charge in [-0.25, -0.2) is 19.3 Å². The number of hydrogen-bond acceptors (Lipinski definition) is 6. The monoisotopic (exact) mass is 554 g/mol. The Morgan fingerprint density at radius 1 is 0.680 bits per heavy atom. The molecule has 0 saturated heterocycles. The summed E-state index contributed by atoms with van der Waals surface area (Å²) >= 11 is -0.639. The average molecular weight is 553 g/mol. The van der Waals surface area contributed by atoms with Gasteiger partial charge in [-0.15, -0.1) is 10.2 Å². The molecule has 0 aromatic carbocycles. The molecule has 0 N–H and O–H groups in total. The van der Waals surface area contributed by atoms with Crippen molar-refractivity contribution < 1.29 is 15.4 Å². The molecule has 0 fully saturated rings. The minimum absolute atomic E-state index is 0.639. The van der Waals surface area contributed by atoms with Gasteiger partial charge in [-0.2, -0.15) is 0 Å². The molecule has 25 heavy (non-hydrogen) atoms. The summed E-state index contributed by atoms with van der Waals surface area (Å²) in [7, 11) is 9.81. The number of pyridine rings is 2. The van der Waals surface area contributed by atoms with Crippen LogP contribution in [0, 0.1) is 0 Å². The maximum atomic E-state index is 4.90. The van der Waals surface area contributed by atoms with Crippen LogP contribution in [0.2, 0.25) is 0 Å². The average Bonchev–Trinajstić information content (AvgIpc) is 3.39. The van der Waals surface area contributed by atoms with Crippen LogP contribution in [0.3, 0.4) is 0 Å². The van der Waals surface area contributed by atoms with E-state index in [1.807, 2.05) is 36.4 Å². The van der Waals surface area contributed by atoms with E-state index in [2.05, 4.69) is 30.6 Å². The fourth-order valence-corrected chi connectivity index (χ4v) is 1.64. The summed E-state index contributed by atoms with van der Waals surface area (Å²) in [6.45, 7) is 0. The molecule has 0 radical (unpaired) electrons. The van der Waals surface area contributed by atoms with Gasteiger partial charge in [0.2, 0.25) is 0 Å². The molecule has 4 rings (SSSR count).